The number of nitrogens with one attached hydrogen (secondary N) is 2. The highest BCUT2D eigenvalue weighted by atomic mass is 35.5. The number of anilines is 1. The van der Waals surface area contributed by atoms with Gasteiger partial charge in [0, 0.05) is 5.69 Å². The van der Waals surface area contributed by atoms with Crippen molar-refractivity contribution in [1.29, 1.82) is 0 Å². The highest BCUT2D eigenvalue weighted by Crippen LogP contribution is 2.31. The second kappa shape index (κ2) is 7.92. The van der Waals surface area contributed by atoms with E-state index in [0.717, 1.165) is 15.7 Å². The fourth-order valence-electron chi connectivity index (χ4n) is 3.62. The molecule has 1 unspecified atom stereocenters. The van der Waals surface area contributed by atoms with Crippen LogP contribution in [0, 0.1) is 0 Å². The second-order valence-corrected chi connectivity index (χ2v) is 7.81. The second-order valence-electron chi connectivity index (χ2n) is 7.41. The van der Waals surface area contributed by atoms with E-state index in [-0.39, 0.29) is 0 Å². The molecule has 0 bridgehead atoms. The quantitative estimate of drug-likeness (QED) is 0.592. The lowest BCUT2D eigenvalue weighted by Crippen LogP contribution is -2.42. The predicted molar refractivity (Wildman–Crippen MR) is 118 cm³/mol. The lowest BCUT2D eigenvalue weighted by molar-refractivity contribution is -0.133. The molecule has 3 aromatic carbocycles. The van der Waals surface area contributed by atoms with Crippen LogP contribution >= 0.6 is 11.6 Å². The maximum atomic E-state index is 13.1. The summed E-state index contributed by atoms with van der Waals surface area (Å²) in [5.41, 5.74) is -0.181. The lowest BCUT2D eigenvalue weighted by atomic mass is 9.90. The summed E-state index contributed by atoms with van der Waals surface area (Å²) in [7, 11) is 1.49. The van der Waals surface area contributed by atoms with E-state index in [0.29, 0.717) is 22.0 Å². The average molecular weight is 438 g/mol. The Kier molecular flexibility index (Phi) is 5.29. The van der Waals surface area contributed by atoms with Gasteiger partial charge in [-0.15, -0.1) is 0 Å². The molecule has 1 aliphatic rings. The smallest absolute Gasteiger partial charge is 0.325 e. The minimum Gasteiger partial charge on any atom is -0.495 e. The Morgan fingerprint density at radius 3 is 2.55 bits per heavy atom. The van der Waals surface area contributed by atoms with Gasteiger partial charge in [0.2, 0.25) is 5.91 Å². The molecule has 1 saturated heterocycles. The SMILES string of the molecule is COc1ccc(NC(=O)CN2C(=O)NC(C)(c3ccc4ccccc4c3)C2=O)cc1Cl. The van der Waals surface area contributed by atoms with Crippen LogP contribution in [0.3, 0.4) is 0 Å². The normalized spacial score (nSPS) is 18.2. The van der Waals surface area contributed by atoms with Gasteiger partial charge in [0.25, 0.3) is 5.91 Å². The number of hydrogen-bond acceptors (Lipinski definition) is 4. The van der Waals surface area contributed by atoms with Crippen LogP contribution < -0.4 is 15.4 Å². The van der Waals surface area contributed by atoms with Crippen molar-refractivity contribution in [2.75, 3.05) is 19.0 Å². The summed E-state index contributed by atoms with van der Waals surface area (Å²) in [5, 5.41) is 7.68. The monoisotopic (exact) mass is 437 g/mol. The van der Waals surface area contributed by atoms with Gasteiger partial charge in [-0.2, -0.15) is 0 Å². The van der Waals surface area contributed by atoms with Crippen LogP contribution in [0.4, 0.5) is 10.5 Å². The molecule has 1 atom stereocenters. The Balaban J connectivity index is 1.52. The van der Waals surface area contributed by atoms with E-state index in [1.165, 1.54) is 13.2 Å². The van der Waals surface area contributed by atoms with Gasteiger partial charge in [-0.25, -0.2) is 4.79 Å². The molecule has 3 aromatic rings. The van der Waals surface area contributed by atoms with E-state index in [1.807, 2.05) is 42.5 Å². The zero-order valence-corrected chi connectivity index (χ0v) is 17.7. The molecule has 0 radical (unpaired) electrons. The van der Waals surface area contributed by atoms with Gasteiger partial charge < -0.3 is 15.4 Å². The fourth-order valence-corrected chi connectivity index (χ4v) is 3.88. The average Bonchev–Trinajstić information content (AvgIpc) is 2.97. The van der Waals surface area contributed by atoms with Gasteiger partial charge in [0.1, 0.15) is 17.8 Å². The predicted octanol–water partition coefficient (Wildman–Crippen LogP) is 3.91. The fraction of sp³-hybridized carbons (Fsp3) is 0.174. The molecule has 0 aromatic heterocycles. The number of halogens is 1. The number of methoxy groups -OCH3 is 1. The highest BCUT2D eigenvalue weighted by Gasteiger charge is 2.49. The standard InChI is InChI=1S/C23H20ClN3O4/c1-23(16-8-7-14-5-3-4-6-15(14)11-16)21(29)27(22(30)26-23)13-20(28)25-17-9-10-19(31-2)18(24)12-17/h3-12H,13H2,1-2H3,(H,25,28)(H,26,30). The van der Waals surface area contributed by atoms with Gasteiger partial charge in [-0.1, -0.05) is 48.0 Å². The van der Waals surface area contributed by atoms with E-state index in [1.54, 1.807) is 19.1 Å². The van der Waals surface area contributed by atoms with Crippen molar-refractivity contribution in [3.05, 3.63) is 71.2 Å². The van der Waals surface area contributed by atoms with Crippen LogP contribution in [-0.2, 0) is 15.1 Å². The maximum absolute atomic E-state index is 13.1. The molecule has 1 heterocycles. The maximum Gasteiger partial charge on any atom is 0.325 e. The molecule has 7 nitrogen and oxygen atoms in total. The number of carbonyl (C=O) groups excluding carboxylic acids is 3. The number of nitrogens with zero attached hydrogens (tertiary/aromatic N) is 1. The summed E-state index contributed by atoms with van der Waals surface area (Å²) >= 11 is 6.07. The topological polar surface area (TPSA) is 87.7 Å². The molecule has 0 aliphatic carbocycles. The first-order valence-electron chi connectivity index (χ1n) is 9.58. The van der Waals surface area contributed by atoms with Gasteiger partial charge in [-0.05, 0) is 47.5 Å². The van der Waals surface area contributed by atoms with Gasteiger partial charge in [-0.3, -0.25) is 14.5 Å². The third kappa shape index (κ3) is 3.80. The number of urea groups is 1. The number of carbonyl (C=O) groups is 3. The number of ether oxygens (including phenoxy) is 1. The summed E-state index contributed by atoms with van der Waals surface area (Å²) in [6, 6.07) is 17.5. The molecule has 31 heavy (non-hydrogen) atoms. The zero-order valence-electron chi connectivity index (χ0n) is 16.9. The number of rotatable bonds is 5. The van der Waals surface area contributed by atoms with Crippen molar-refractivity contribution < 1.29 is 19.1 Å². The first-order valence-corrected chi connectivity index (χ1v) is 9.96. The van der Waals surface area contributed by atoms with Gasteiger partial charge >= 0.3 is 6.03 Å². The minimum atomic E-state index is -1.26. The van der Waals surface area contributed by atoms with Crippen molar-refractivity contribution in [2.45, 2.75) is 12.5 Å². The molecule has 0 spiro atoms. The van der Waals surface area contributed by atoms with Crippen LogP contribution in [0.25, 0.3) is 10.8 Å². The molecule has 4 rings (SSSR count). The summed E-state index contributed by atoms with van der Waals surface area (Å²) in [6.45, 7) is 1.22. The van der Waals surface area contributed by atoms with Crippen molar-refractivity contribution in [1.82, 2.24) is 10.2 Å². The number of fused-ring (bicyclic) bond motifs is 1. The Bertz CT molecular complexity index is 1210. The van der Waals surface area contributed by atoms with E-state index < -0.39 is 29.9 Å². The molecule has 2 N–H and O–H groups in total. The molecule has 1 aliphatic heterocycles. The third-order valence-corrected chi connectivity index (χ3v) is 5.63. The van der Waals surface area contributed by atoms with Crippen molar-refractivity contribution in [3.8, 4) is 5.75 Å². The molecule has 0 saturated carbocycles. The number of imide groups is 1. The summed E-state index contributed by atoms with van der Waals surface area (Å²) in [5.74, 6) is -0.539. The highest BCUT2D eigenvalue weighted by molar-refractivity contribution is 6.32. The Morgan fingerprint density at radius 1 is 1.10 bits per heavy atom. The first-order chi connectivity index (χ1) is 14.8. The van der Waals surface area contributed by atoms with E-state index in [4.69, 9.17) is 16.3 Å². The third-order valence-electron chi connectivity index (χ3n) is 5.34. The summed E-state index contributed by atoms with van der Waals surface area (Å²) < 4.78 is 5.08. The number of hydrogen-bond donors (Lipinski definition) is 2. The van der Waals surface area contributed by atoms with Gasteiger partial charge in [0.05, 0.1) is 12.1 Å². The van der Waals surface area contributed by atoms with Gasteiger partial charge in [0.15, 0.2) is 0 Å². The molecule has 4 amide bonds. The Morgan fingerprint density at radius 2 is 1.84 bits per heavy atom. The van der Waals surface area contributed by atoms with Crippen molar-refractivity contribution in [2.24, 2.45) is 0 Å². The lowest BCUT2D eigenvalue weighted by Gasteiger charge is -2.22. The largest absolute Gasteiger partial charge is 0.495 e. The van der Waals surface area contributed by atoms with E-state index >= 15 is 0 Å². The molecular weight excluding hydrogens is 418 g/mol. The van der Waals surface area contributed by atoms with Crippen LogP contribution in [0.2, 0.25) is 5.02 Å². The number of benzene rings is 3. The van der Waals surface area contributed by atoms with Crippen LogP contribution in [0.1, 0.15) is 12.5 Å². The molecule has 1 fully saturated rings. The van der Waals surface area contributed by atoms with Crippen LogP contribution in [0.15, 0.2) is 60.7 Å². The first kappa shape index (κ1) is 20.7. The van der Waals surface area contributed by atoms with E-state index in [2.05, 4.69) is 10.6 Å². The zero-order chi connectivity index (χ0) is 22.2. The Hall–Kier alpha value is -3.58. The van der Waals surface area contributed by atoms with Crippen molar-refractivity contribution >= 4 is 45.9 Å². The molecular formula is C23H20ClN3O4. The molecule has 8 heteroatoms. The minimum absolute atomic E-state index is 0.333. The van der Waals surface area contributed by atoms with Crippen molar-refractivity contribution in [3.63, 3.8) is 0 Å². The summed E-state index contributed by atoms with van der Waals surface area (Å²) in [4.78, 5) is 39.1. The Labute approximate surface area is 183 Å². The van der Waals surface area contributed by atoms with E-state index in [9.17, 15) is 14.4 Å². The number of amides is 4. The summed E-state index contributed by atoms with van der Waals surface area (Å²) in [6.07, 6.45) is 0. The van der Waals surface area contributed by atoms with Crippen LogP contribution in [-0.4, -0.2) is 36.4 Å². The van der Waals surface area contributed by atoms with Crippen LogP contribution in [0.5, 0.6) is 5.75 Å². The molecule has 158 valence electrons.